The van der Waals surface area contributed by atoms with Gasteiger partial charge in [0, 0.05) is 17.3 Å². The Morgan fingerprint density at radius 3 is 2.23 bits per heavy atom. The third kappa shape index (κ3) is 5.58. The Hall–Kier alpha value is 0.310. The van der Waals surface area contributed by atoms with Crippen molar-refractivity contribution in [2.45, 2.75) is 51.8 Å². The molecule has 1 nitrogen and oxygen atoms in total. The van der Waals surface area contributed by atoms with Gasteiger partial charge < -0.3 is 5.32 Å². The molecule has 0 aliphatic rings. The molecule has 13 heavy (non-hydrogen) atoms. The van der Waals surface area contributed by atoms with Gasteiger partial charge in [-0.15, -0.1) is 0 Å². The molecule has 2 heteroatoms. The molecule has 0 fully saturated rings. The number of nitrogens with one attached hydrogen (secondary N) is 1. The van der Waals surface area contributed by atoms with Crippen molar-refractivity contribution in [3.63, 3.8) is 0 Å². The fourth-order valence-electron chi connectivity index (χ4n) is 1.03. The maximum absolute atomic E-state index is 3.60. The van der Waals surface area contributed by atoms with E-state index in [2.05, 4.69) is 46.2 Å². The minimum absolute atomic E-state index is 0.363. The first kappa shape index (κ1) is 13.3. The summed E-state index contributed by atoms with van der Waals surface area (Å²) >= 11 is 1.93. The van der Waals surface area contributed by atoms with E-state index in [9.17, 15) is 0 Å². The zero-order chi connectivity index (χ0) is 10.5. The van der Waals surface area contributed by atoms with E-state index in [1.807, 2.05) is 11.8 Å². The van der Waals surface area contributed by atoms with Crippen LogP contribution in [0.5, 0.6) is 0 Å². The number of rotatable bonds is 6. The molecule has 0 radical (unpaired) electrons. The topological polar surface area (TPSA) is 12.0 Å². The molecular weight excluding hydrogens is 178 g/mol. The lowest BCUT2D eigenvalue weighted by molar-refractivity contribution is 0.380. The van der Waals surface area contributed by atoms with E-state index in [-0.39, 0.29) is 0 Å². The average Bonchev–Trinajstić information content (AvgIpc) is 2.13. The number of hydrogen-bond acceptors (Lipinski definition) is 2. The Morgan fingerprint density at radius 2 is 1.85 bits per heavy atom. The van der Waals surface area contributed by atoms with Crippen molar-refractivity contribution in [2.75, 3.05) is 12.8 Å². The number of thioether (sulfide) groups is 1. The highest BCUT2D eigenvalue weighted by atomic mass is 32.2. The summed E-state index contributed by atoms with van der Waals surface area (Å²) in [6, 6.07) is 0.636. The van der Waals surface area contributed by atoms with Gasteiger partial charge in [0.2, 0.25) is 0 Å². The van der Waals surface area contributed by atoms with Crippen molar-refractivity contribution >= 4 is 11.8 Å². The lowest BCUT2D eigenvalue weighted by Crippen LogP contribution is -2.40. The summed E-state index contributed by atoms with van der Waals surface area (Å²) < 4.78 is 0.363. The summed E-state index contributed by atoms with van der Waals surface area (Å²) in [7, 11) is 0. The van der Waals surface area contributed by atoms with Gasteiger partial charge in [0.05, 0.1) is 0 Å². The molecular formula is C11H25NS. The molecule has 0 saturated carbocycles. The zero-order valence-electron chi connectivity index (χ0n) is 9.98. The molecule has 0 heterocycles. The zero-order valence-corrected chi connectivity index (χ0v) is 10.8. The fourth-order valence-corrected chi connectivity index (χ4v) is 1.26. The molecule has 0 rings (SSSR count). The van der Waals surface area contributed by atoms with Gasteiger partial charge in [0.15, 0.2) is 0 Å². The predicted octanol–water partition coefficient (Wildman–Crippen LogP) is 3.15. The normalized spacial score (nSPS) is 17.1. The van der Waals surface area contributed by atoms with Crippen molar-refractivity contribution in [1.82, 2.24) is 5.32 Å². The quantitative estimate of drug-likeness (QED) is 0.712. The van der Waals surface area contributed by atoms with Crippen molar-refractivity contribution in [3.8, 4) is 0 Å². The van der Waals surface area contributed by atoms with Crippen LogP contribution in [0.15, 0.2) is 0 Å². The maximum Gasteiger partial charge on any atom is 0.0225 e. The molecule has 80 valence electrons. The van der Waals surface area contributed by atoms with Crippen molar-refractivity contribution in [2.24, 2.45) is 5.92 Å². The molecule has 2 atom stereocenters. The van der Waals surface area contributed by atoms with E-state index < -0.39 is 0 Å². The molecule has 0 spiro atoms. The first-order valence-corrected chi connectivity index (χ1v) is 6.44. The van der Waals surface area contributed by atoms with E-state index in [0.29, 0.717) is 10.8 Å². The lowest BCUT2D eigenvalue weighted by atomic mass is 10.0. The van der Waals surface area contributed by atoms with Gasteiger partial charge >= 0.3 is 0 Å². The smallest absolute Gasteiger partial charge is 0.0225 e. The predicted molar refractivity (Wildman–Crippen MR) is 64.5 cm³/mol. The van der Waals surface area contributed by atoms with Gasteiger partial charge in [-0.2, -0.15) is 11.8 Å². The summed E-state index contributed by atoms with van der Waals surface area (Å²) in [4.78, 5) is 0. The van der Waals surface area contributed by atoms with Gasteiger partial charge in [-0.05, 0) is 32.9 Å². The molecule has 0 aliphatic heterocycles. The van der Waals surface area contributed by atoms with Crippen LogP contribution in [-0.4, -0.2) is 23.6 Å². The average molecular weight is 203 g/mol. The number of hydrogen-bond donors (Lipinski definition) is 1. The minimum atomic E-state index is 0.363. The van der Waals surface area contributed by atoms with Crippen LogP contribution in [0.2, 0.25) is 0 Å². The Balaban J connectivity index is 3.75. The van der Waals surface area contributed by atoms with E-state index >= 15 is 0 Å². The molecule has 1 N–H and O–H groups in total. The van der Waals surface area contributed by atoms with Gasteiger partial charge in [-0.1, -0.05) is 20.3 Å². The highest BCUT2D eigenvalue weighted by Gasteiger charge is 2.18. The summed E-state index contributed by atoms with van der Waals surface area (Å²) in [6.07, 6.45) is 3.43. The van der Waals surface area contributed by atoms with Gasteiger partial charge in [-0.25, -0.2) is 0 Å². The molecule has 0 amide bonds. The van der Waals surface area contributed by atoms with Gasteiger partial charge in [0.25, 0.3) is 0 Å². The molecule has 2 unspecified atom stereocenters. The third-order valence-corrected chi connectivity index (χ3v) is 4.15. The van der Waals surface area contributed by atoms with Crippen molar-refractivity contribution in [1.29, 1.82) is 0 Å². The monoisotopic (exact) mass is 203 g/mol. The van der Waals surface area contributed by atoms with Crippen molar-refractivity contribution in [3.05, 3.63) is 0 Å². The fraction of sp³-hybridized carbons (Fsp3) is 1.00. The van der Waals surface area contributed by atoms with Crippen LogP contribution in [0.25, 0.3) is 0 Å². The van der Waals surface area contributed by atoms with E-state index in [1.54, 1.807) is 0 Å². The van der Waals surface area contributed by atoms with Gasteiger partial charge in [-0.3, -0.25) is 0 Å². The molecule has 0 aromatic carbocycles. The molecule has 0 bridgehead atoms. The van der Waals surface area contributed by atoms with Gasteiger partial charge in [0.1, 0.15) is 0 Å². The van der Waals surface area contributed by atoms with Crippen LogP contribution in [0.1, 0.15) is 41.0 Å². The second-order valence-electron chi connectivity index (χ2n) is 4.52. The molecule has 0 aromatic rings. The Labute approximate surface area is 88.1 Å². The highest BCUT2D eigenvalue weighted by molar-refractivity contribution is 7.99. The molecule has 0 aromatic heterocycles. The summed E-state index contributed by atoms with van der Waals surface area (Å²) in [5.41, 5.74) is 0. The summed E-state index contributed by atoms with van der Waals surface area (Å²) in [5, 5.41) is 3.60. The third-order valence-electron chi connectivity index (χ3n) is 2.90. The first-order chi connectivity index (χ1) is 5.93. The standard InChI is InChI=1S/C11H25NS/c1-7-9(2)10(3)12-8-11(4,5)13-6/h9-10,12H,7-8H2,1-6H3. The molecule has 0 aliphatic carbocycles. The molecule has 0 saturated heterocycles. The van der Waals surface area contributed by atoms with E-state index in [1.165, 1.54) is 6.42 Å². The SMILES string of the molecule is CCC(C)C(C)NCC(C)(C)SC. The first-order valence-electron chi connectivity index (χ1n) is 5.21. The lowest BCUT2D eigenvalue weighted by Gasteiger charge is -2.27. The summed E-state index contributed by atoms with van der Waals surface area (Å²) in [5.74, 6) is 0.776. The minimum Gasteiger partial charge on any atom is -0.313 e. The van der Waals surface area contributed by atoms with Crippen LogP contribution >= 0.6 is 11.8 Å². The highest BCUT2D eigenvalue weighted by Crippen LogP contribution is 2.20. The van der Waals surface area contributed by atoms with Crippen LogP contribution in [0.4, 0.5) is 0 Å². The summed E-state index contributed by atoms with van der Waals surface area (Å²) in [6.45, 7) is 12.5. The van der Waals surface area contributed by atoms with Crippen LogP contribution in [-0.2, 0) is 0 Å². The Morgan fingerprint density at radius 1 is 1.31 bits per heavy atom. The van der Waals surface area contributed by atoms with E-state index in [4.69, 9.17) is 0 Å². The maximum atomic E-state index is 3.60. The van der Waals surface area contributed by atoms with Crippen LogP contribution in [0.3, 0.4) is 0 Å². The van der Waals surface area contributed by atoms with Crippen molar-refractivity contribution < 1.29 is 0 Å². The van der Waals surface area contributed by atoms with Crippen LogP contribution in [0, 0.1) is 5.92 Å². The Bertz CT molecular complexity index is 134. The van der Waals surface area contributed by atoms with Crippen LogP contribution < -0.4 is 5.32 Å². The largest absolute Gasteiger partial charge is 0.313 e. The second kappa shape index (κ2) is 5.92. The second-order valence-corrected chi connectivity index (χ2v) is 6.03. The Kier molecular flexibility index (Phi) is 6.06. The van der Waals surface area contributed by atoms with E-state index in [0.717, 1.165) is 12.5 Å².